The van der Waals surface area contributed by atoms with Gasteiger partial charge in [0.15, 0.2) is 11.6 Å². The number of rotatable bonds is 6. The van der Waals surface area contributed by atoms with E-state index in [1.165, 1.54) is 0 Å². The first-order valence-corrected chi connectivity index (χ1v) is 8.56. The lowest BCUT2D eigenvalue weighted by molar-refractivity contribution is -0.444. The van der Waals surface area contributed by atoms with E-state index in [2.05, 4.69) is 35.4 Å². The summed E-state index contributed by atoms with van der Waals surface area (Å²) in [6.07, 6.45) is -6.53. The van der Waals surface area contributed by atoms with Crippen molar-refractivity contribution in [3.05, 3.63) is 66.0 Å². The Bertz CT molecular complexity index is 1140. The Labute approximate surface area is 179 Å². The van der Waals surface area contributed by atoms with Crippen LogP contribution in [0.1, 0.15) is 15.9 Å². The zero-order valence-electron chi connectivity index (χ0n) is 15.8. The summed E-state index contributed by atoms with van der Waals surface area (Å²) >= 11 is 0. The van der Waals surface area contributed by atoms with Gasteiger partial charge in [0.25, 0.3) is 5.91 Å². The smallest absolute Gasteiger partial charge is 0.327 e. The fourth-order valence-corrected chi connectivity index (χ4v) is 2.28. The van der Waals surface area contributed by atoms with Crippen LogP contribution in [0, 0.1) is 5.82 Å². The maximum absolute atomic E-state index is 14.1. The second kappa shape index (κ2) is 9.23. The molecular formula is C18H10F7N5O3. The number of amides is 1. The highest BCUT2D eigenvalue weighted by molar-refractivity contribution is 6.05. The topological polar surface area (TPSA) is 98.3 Å². The van der Waals surface area contributed by atoms with Gasteiger partial charge in [-0.15, -0.1) is 13.2 Å². The number of pyridine rings is 3. The van der Waals surface area contributed by atoms with E-state index >= 15 is 0 Å². The lowest BCUT2D eigenvalue weighted by Crippen LogP contribution is -2.18. The third-order valence-electron chi connectivity index (χ3n) is 3.70. The molecule has 0 spiro atoms. The van der Waals surface area contributed by atoms with Gasteiger partial charge in [-0.25, -0.2) is 14.4 Å². The van der Waals surface area contributed by atoms with Gasteiger partial charge in [-0.2, -0.15) is 13.2 Å². The van der Waals surface area contributed by atoms with E-state index in [-0.39, 0.29) is 17.3 Å². The quantitative estimate of drug-likeness (QED) is 0.297. The SMILES string of the molecule is O=C(Nc1cnccc1OOC(F)(F)F)c1cc(Nc2ccc(C(F)(F)F)cn2)ncc1F. The molecule has 0 fully saturated rings. The predicted octanol–water partition coefficient (Wildman–Crippen LogP) is 4.86. The number of aromatic nitrogens is 3. The number of carbonyl (C=O) groups excluding carboxylic acids is 1. The standard InChI is InChI=1S/C18H10F7N5O3/c19-11-7-28-15(30-14-2-1-9(6-27-14)17(20,21)22)5-10(11)16(31)29-12-8-26-4-3-13(12)32-33-18(23,24)25/h1-8H,(H,29,31)(H,27,28,30). The average Bonchev–Trinajstić information content (AvgIpc) is 2.73. The molecule has 0 radical (unpaired) electrons. The highest BCUT2D eigenvalue weighted by Crippen LogP contribution is 2.30. The largest absolute Gasteiger partial charge is 0.558 e. The lowest BCUT2D eigenvalue weighted by Gasteiger charge is -2.12. The minimum Gasteiger partial charge on any atom is -0.327 e. The number of anilines is 3. The van der Waals surface area contributed by atoms with Gasteiger partial charge in [0, 0.05) is 18.5 Å². The molecule has 0 atom stereocenters. The van der Waals surface area contributed by atoms with Crippen molar-refractivity contribution in [2.45, 2.75) is 12.5 Å². The second-order valence-electron chi connectivity index (χ2n) is 6.04. The maximum Gasteiger partial charge on any atom is 0.558 e. The summed E-state index contributed by atoms with van der Waals surface area (Å²) in [5.41, 5.74) is -1.97. The summed E-state index contributed by atoms with van der Waals surface area (Å²) in [7, 11) is 0. The molecule has 0 saturated heterocycles. The van der Waals surface area contributed by atoms with E-state index in [0.29, 0.717) is 12.4 Å². The van der Waals surface area contributed by atoms with Crippen molar-refractivity contribution in [1.82, 2.24) is 15.0 Å². The van der Waals surface area contributed by atoms with E-state index in [1.807, 2.05) is 0 Å². The van der Waals surface area contributed by atoms with Gasteiger partial charge in [-0.3, -0.25) is 9.78 Å². The van der Waals surface area contributed by atoms with Crippen molar-refractivity contribution >= 4 is 23.2 Å². The average molecular weight is 477 g/mol. The molecule has 3 rings (SSSR count). The molecule has 8 nitrogen and oxygen atoms in total. The monoisotopic (exact) mass is 477 g/mol. The zero-order chi connectivity index (χ0) is 24.2. The summed E-state index contributed by atoms with van der Waals surface area (Å²) < 4.78 is 88.5. The maximum atomic E-state index is 14.1. The molecule has 1 amide bonds. The van der Waals surface area contributed by atoms with Crippen LogP contribution in [-0.4, -0.2) is 27.2 Å². The third-order valence-corrected chi connectivity index (χ3v) is 3.70. The molecule has 0 aliphatic heterocycles. The summed E-state index contributed by atoms with van der Waals surface area (Å²) in [4.78, 5) is 30.6. The van der Waals surface area contributed by atoms with Crippen LogP contribution < -0.4 is 15.5 Å². The van der Waals surface area contributed by atoms with E-state index < -0.39 is 41.1 Å². The highest BCUT2D eigenvalue weighted by Gasteiger charge is 2.33. The molecule has 0 aliphatic rings. The first-order valence-electron chi connectivity index (χ1n) is 8.56. The Morgan fingerprint density at radius 3 is 2.30 bits per heavy atom. The van der Waals surface area contributed by atoms with Crippen molar-refractivity contribution in [2.75, 3.05) is 10.6 Å². The van der Waals surface area contributed by atoms with Gasteiger partial charge in [0.2, 0.25) is 0 Å². The van der Waals surface area contributed by atoms with Crippen LogP contribution in [0.15, 0.2) is 49.1 Å². The van der Waals surface area contributed by atoms with Crippen LogP contribution in [0.5, 0.6) is 5.75 Å². The third kappa shape index (κ3) is 6.49. The molecule has 0 aromatic carbocycles. The minimum atomic E-state index is -5.13. The van der Waals surface area contributed by atoms with E-state index in [4.69, 9.17) is 0 Å². The fraction of sp³-hybridized carbons (Fsp3) is 0.111. The number of carbonyl (C=O) groups is 1. The molecule has 15 heteroatoms. The normalized spacial score (nSPS) is 11.7. The Morgan fingerprint density at radius 1 is 0.939 bits per heavy atom. The molecule has 3 heterocycles. The van der Waals surface area contributed by atoms with Gasteiger partial charge in [-0.1, -0.05) is 4.89 Å². The molecule has 0 unspecified atom stereocenters. The van der Waals surface area contributed by atoms with Crippen molar-refractivity contribution < 1.29 is 45.3 Å². The van der Waals surface area contributed by atoms with Crippen LogP contribution in [0.4, 0.5) is 48.1 Å². The van der Waals surface area contributed by atoms with Gasteiger partial charge in [0.1, 0.15) is 17.3 Å². The molecular weight excluding hydrogens is 467 g/mol. The Morgan fingerprint density at radius 2 is 1.67 bits per heavy atom. The Kier molecular flexibility index (Phi) is 6.62. The molecule has 2 N–H and O–H groups in total. The first-order chi connectivity index (χ1) is 15.4. The first kappa shape index (κ1) is 23.6. The van der Waals surface area contributed by atoms with Crippen LogP contribution in [0.25, 0.3) is 0 Å². The molecule has 0 bridgehead atoms. The number of nitrogens with one attached hydrogen (secondary N) is 2. The van der Waals surface area contributed by atoms with Crippen molar-refractivity contribution in [3.8, 4) is 5.75 Å². The highest BCUT2D eigenvalue weighted by atomic mass is 19.4. The fourth-order valence-electron chi connectivity index (χ4n) is 2.28. The Balaban J connectivity index is 1.77. The number of halogens is 7. The van der Waals surface area contributed by atoms with Crippen molar-refractivity contribution in [3.63, 3.8) is 0 Å². The van der Waals surface area contributed by atoms with E-state index in [1.54, 1.807) is 0 Å². The van der Waals surface area contributed by atoms with E-state index in [0.717, 1.165) is 36.7 Å². The molecule has 3 aromatic heterocycles. The number of hydrogen-bond acceptors (Lipinski definition) is 7. The number of hydrogen-bond donors (Lipinski definition) is 2. The van der Waals surface area contributed by atoms with Gasteiger partial charge >= 0.3 is 12.5 Å². The van der Waals surface area contributed by atoms with Gasteiger partial charge in [0.05, 0.1) is 23.5 Å². The van der Waals surface area contributed by atoms with Crippen LogP contribution in [-0.2, 0) is 11.1 Å². The summed E-state index contributed by atoms with van der Waals surface area (Å²) in [5, 5.41) is 4.61. The summed E-state index contributed by atoms with van der Waals surface area (Å²) in [6, 6.07) is 3.60. The molecule has 174 valence electrons. The van der Waals surface area contributed by atoms with Crippen molar-refractivity contribution in [2.24, 2.45) is 0 Å². The minimum absolute atomic E-state index is 0.0827. The molecule has 3 aromatic rings. The predicted molar refractivity (Wildman–Crippen MR) is 96.7 cm³/mol. The second-order valence-corrected chi connectivity index (χ2v) is 6.04. The lowest BCUT2D eigenvalue weighted by atomic mass is 10.2. The van der Waals surface area contributed by atoms with Gasteiger partial charge in [-0.05, 0) is 18.2 Å². The summed E-state index contributed by atoms with van der Waals surface area (Å²) in [5.74, 6) is -3.03. The molecule has 33 heavy (non-hydrogen) atoms. The molecule has 0 saturated carbocycles. The molecule has 0 aliphatic carbocycles. The number of alkyl halides is 6. The van der Waals surface area contributed by atoms with Crippen molar-refractivity contribution in [1.29, 1.82) is 0 Å². The summed E-state index contributed by atoms with van der Waals surface area (Å²) in [6.45, 7) is 0. The number of nitrogens with zero attached hydrogens (tertiary/aromatic N) is 3. The van der Waals surface area contributed by atoms with Crippen LogP contribution in [0.2, 0.25) is 0 Å². The Hall–Kier alpha value is -4.01. The van der Waals surface area contributed by atoms with Crippen LogP contribution >= 0.6 is 0 Å². The van der Waals surface area contributed by atoms with Crippen LogP contribution in [0.3, 0.4) is 0 Å². The van der Waals surface area contributed by atoms with Gasteiger partial charge < -0.3 is 15.5 Å². The van der Waals surface area contributed by atoms with E-state index in [9.17, 15) is 35.5 Å². The zero-order valence-corrected chi connectivity index (χ0v) is 15.8.